The van der Waals surface area contributed by atoms with E-state index in [1.165, 1.54) is 11.3 Å². The van der Waals surface area contributed by atoms with E-state index < -0.39 is 0 Å². The molecule has 0 aromatic carbocycles. The van der Waals surface area contributed by atoms with Gasteiger partial charge in [0.2, 0.25) is 0 Å². The molecule has 0 bridgehead atoms. The first-order chi connectivity index (χ1) is 8.50. The lowest BCUT2D eigenvalue weighted by atomic mass is 9.79. The molecule has 1 aliphatic carbocycles. The first-order valence-corrected chi connectivity index (χ1v) is 6.87. The SMILES string of the molecule is CCC(C)(C(N)C1CCc2cccnc21)N(C)C. The standard InChI is InChI=1S/C15H25N3/c1-5-15(2,18(3)4)14(16)12-9-8-11-7-6-10-17-13(11)12/h6-7,10,12,14H,5,8-9,16H2,1-4H3. The smallest absolute Gasteiger partial charge is 0.0482 e. The summed E-state index contributed by atoms with van der Waals surface area (Å²) in [6.07, 6.45) is 5.20. The predicted octanol–water partition coefficient (Wildman–Crippen LogP) is 2.17. The van der Waals surface area contributed by atoms with Crippen LogP contribution >= 0.6 is 0 Å². The zero-order chi connectivity index (χ0) is 13.3. The summed E-state index contributed by atoms with van der Waals surface area (Å²) in [5.41, 5.74) is 9.25. The van der Waals surface area contributed by atoms with Crippen molar-refractivity contribution in [1.82, 2.24) is 9.88 Å². The molecule has 3 unspecified atom stereocenters. The minimum Gasteiger partial charge on any atom is -0.326 e. The summed E-state index contributed by atoms with van der Waals surface area (Å²) in [4.78, 5) is 6.83. The van der Waals surface area contributed by atoms with Gasteiger partial charge in [0.1, 0.15) is 0 Å². The van der Waals surface area contributed by atoms with E-state index in [1.54, 1.807) is 0 Å². The molecule has 0 spiro atoms. The van der Waals surface area contributed by atoms with Crippen molar-refractivity contribution in [2.24, 2.45) is 5.73 Å². The summed E-state index contributed by atoms with van der Waals surface area (Å²) in [7, 11) is 4.25. The molecular weight excluding hydrogens is 222 g/mol. The Morgan fingerprint density at radius 2 is 2.28 bits per heavy atom. The van der Waals surface area contributed by atoms with Crippen LogP contribution in [0.2, 0.25) is 0 Å². The molecule has 1 aromatic heterocycles. The number of hydrogen-bond donors (Lipinski definition) is 1. The molecule has 1 aliphatic rings. The Hall–Kier alpha value is -0.930. The van der Waals surface area contributed by atoms with Crippen LogP contribution in [0.1, 0.15) is 43.9 Å². The van der Waals surface area contributed by atoms with Crippen LogP contribution in [0.3, 0.4) is 0 Å². The van der Waals surface area contributed by atoms with Crippen LogP contribution in [0.25, 0.3) is 0 Å². The molecule has 1 heterocycles. The quantitative estimate of drug-likeness (QED) is 0.886. The lowest BCUT2D eigenvalue weighted by Crippen LogP contribution is -2.57. The number of likely N-dealkylation sites (N-methyl/N-ethyl adjacent to an activating group) is 1. The Morgan fingerprint density at radius 3 is 2.89 bits per heavy atom. The molecule has 0 radical (unpaired) electrons. The van der Waals surface area contributed by atoms with Crippen LogP contribution in [0.5, 0.6) is 0 Å². The van der Waals surface area contributed by atoms with Gasteiger partial charge in [-0.05, 0) is 51.9 Å². The molecule has 3 heteroatoms. The molecule has 2 rings (SSSR count). The van der Waals surface area contributed by atoms with E-state index in [2.05, 4.69) is 43.9 Å². The highest BCUT2D eigenvalue weighted by molar-refractivity contribution is 5.31. The fourth-order valence-corrected chi connectivity index (χ4v) is 3.08. The minimum absolute atomic E-state index is 0.0315. The highest BCUT2D eigenvalue weighted by atomic mass is 15.2. The number of aryl methyl sites for hydroxylation is 1. The topological polar surface area (TPSA) is 42.1 Å². The van der Waals surface area contributed by atoms with E-state index >= 15 is 0 Å². The van der Waals surface area contributed by atoms with E-state index in [4.69, 9.17) is 5.73 Å². The van der Waals surface area contributed by atoms with Crippen molar-refractivity contribution >= 4 is 0 Å². The summed E-state index contributed by atoms with van der Waals surface area (Å²) < 4.78 is 0. The third-order valence-corrected chi connectivity index (χ3v) is 4.89. The maximum Gasteiger partial charge on any atom is 0.0482 e. The van der Waals surface area contributed by atoms with Crippen LogP contribution < -0.4 is 5.73 Å². The predicted molar refractivity (Wildman–Crippen MR) is 75.7 cm³/mol. The maximum absolute atomic E-state index is 6.60. The molecule has 0 aliphatic heterocycles. The average Bonchev–Trinajstić information content (AvgIpc) is 2.80. The monoisotopic (exact) mass is 247 g/mol. The number of pyridine rings is 1. The van der Waals surface area contributed by atoms with Crippen molar-refractivity contribution in [3.8, 4) is 0 Å². The lowest BCUT2D eigenvalue weighted by Gasteiger charge is -2.43. The van der Waals surface area contributed by atoms with Crippen molar-refractivity contribution in [1.29, 1.82) is 0 Å². The number of nitrogens with zero attached hydrogens (tertiary/aromatic N) is 2. The van der Waals surface area contributed by atoms with E-state index in [0.717, 1.165) is 19.3 Å². The summed E-state index contributed by atoms with van der Waals surface area (Å²) in [5, 5.41) is 0. The molecule has 0 amide bonds. The van der Waals surface area contributed by atoms with Gasteiger partial charge in [0.05, 0.1) is 0 Å². The zero-order valence-corrected chi connectivity index (χ0v) is 12.0. The van der Waals surface area contributed by atoms with E-state index in [1.807, 2.05) is 12.3 Å². The third-order valence-electron chi connectivity index (χ3n) is 4.89. The molecule has 18 heavy (non-hydrogen) atoms. The maximum atomic E-state index is 6.60. The molecule has 0 saturated carbocycles. The Bertz CT molecular complexity index is 416. The molecular formula is C15H25N3. The molecule has 100 valence electrons. The zero-order valence-electron chi connectivity index (χ0n) is 12.0. The number of hydrogen-bond acceptors (Lipinski definition) is 3. The van der Waals surface area contributed by atoms with Crippen molar-refractivity contribution in [2.75, 3.05) is 14.1 Å². The summed E-state index contributed by atoms with van der Waals surface area (Å²) in [6.45, 7) is 4.48. The van der Waals surface area contributed by atoms with Crippen LogP contribution in [0, 0.1) is 0 Å². The first-order valence-electron chi connectivity index (χ1n) is 6.87. The number of aromatic nitrogens is 1. The van der Waals surface area contributed by atoms with Crippen LogP contribution in [0.4, 0.5) is 0 Å². The second-order valence-corrected chi connectivity index (χ2v) is 5.82. The van der Waals surface area contributed by atoms with Gasteiger partial charge >= 0.3 is 0 Å². The normalized spacial score (nSPS) is 23.8. The molecule has 3 nitrogen and oxygen atoms in total. The van der Waals surface area contributed by atoms with Gasteiger partial charge in [-0.2, -0.15) is 0 Å². The Kier molecular flexibility index (Phi) is 3.74. The third kappa shape index (κ3) is 2.06. The highest BCUT2D eigenvalue weighted by Crippen LogP contribution is 2.38. The second-order valence-electron chi connectivity index (χ2n) is 5.82. The van der Waals surface area contributed by atoms with Crippen molar-refractivity contribution in [3.63, 3.8) is 0 Å². The van der Waals surface area contributed by atoms with Gasteiger partial charge in [0.25, 0.3) is 0 Å². The molecule has 1 aromatic rings. The fraction of sp³-hybridized carbons (Fsp3) is 0.667. The molecule has 3 atom stereocenters. The van der Waals surface area contributed by atoms with Crippen molar-refractivity contribution in [2.45, 2.75) is 50.6 Å². The van der Waals surface area contributed by atoms with Gasteiger partial charge in [-0.3, -0.25) is 4.98 Å². The minimum atomic E-state index is 0.0315. The van der Waals surface area contributed by atoms with Crippen molar-refractivity contribution < 1.29 is 0 Å². The Labute approximate surface area is 110 Å². The van der Waals surface area contributed by atoms with Gasteiger partial charge in [0.15, 0.2) is 0 Å². The summed E-state index contributed by atoms with van der Waals surface area (Å²) >= 11 is 0. The van der Waals surface area contributed by atoms with Crippen molar-refractivity contribution in [3.05, 3.63) is 29.6 Å². The molecule has 0 fully saturated rings. The number of fused-ring (bicyclic) bond motifs is 1. The highest BCUT2D eigenvalue weighted by Gasteiger charge is 2.40. The van der Waals surface area contributed by atoms with E-state index in [-0.39, 0.29) is 11.6 Å². The lowest BCUT2D eigenvalue weighted by molar-refractivity contribution is 0.117. The first kappa shape index (κ1) is 13.5. The van der Waals surface area contributed by atoms with Gasteiger partial charge in [-0.1, -0.05) is 13.0 Å². The van der Waals surface area contributed by atoms with Crippen LogP contribution in [-0.4, -0.2) is 35.6 Å². The fourth-order valence-electron chi connectivity index (χ4n) is 3.08. The van der Waals surface area contributed by atoms with Gasteiger partial charge in [-0.25, -0.2) is 0 Å². The van der Waals surface area contributed by atoms with Gasteiger partial charge in [0, 0.05) is 29.4 Å². The number of nitrogens with two attached hydrogens (primary N) is 1. The van der Waals surface area contributed by atoms with E-state index in [0.29, 0.717) is 5.92 Å². The summed E-state index contributed by atoms with van der Waals surface area (Å²) in [5.74, 6) is 0.397. The average molecular weight is 247 g/mol. The largest absolute Gasteiger partial charge is 0.326 e. The molecule has 0 saturated heterocycles. The van der Waals surface area contributed by atoms with Crippen LogP contribution in [0.15, 0.2) is 18.3 Å². The van der Waals surface area contributed by atoms with Gasteiger partial charge < -0.3 is 10.6 Å². The second kappa shape index (κ2) is 4.98. The molecule has 2 N–H and O–H groups in total. The van der Waals surface area contributed by atoms with Gasteiger partial charge in [-0.15, -0.1) is 0 Å². The summed E-state index contributed by atoms with van der Waals surface area (Å²) in [6, 6.07) is 4.35. The number of rotatable bonds is 4. The Morgan fingerprint density at radius 1 is 1.56 bits per heavy atom. The van der Waals surface area contributed by atoms with Crippen LogP contribution in [-0.2, 0) is 6.42 Å². The van der Waals surface area contributed by atoms with E-state index in [9.17, 15) is 0 Å². The Balaban J connectivity index is 2.28.